The summed E-state index contributed by atoms with van der Waals surface area (Å²) in [6, 6.07) is 1.64. The summed E-state index contributed by atoms with van der Waals surface area (Å²) in [6.07, 6.45) is 0. The van der Waals surface area contributed by atoms with Gasteiger partial charge in [0.1, 0.15) is 6.54 Å². The molecule has 0 bridgehead atoms. The van der Waals surface area contributed by atoms with Crippen molar-refractivity contribution in [2.24, 2.45) is 0 Å². The molecule has 1 aliphatic heterocycles. The number of rotatable bonds is 2. The van der Waals surface area contributed by atoms with E-state index in [0.717, 1.165) is 16.7 Å². The molecule has 1 N–H and O–H groups in total. The fourth-order valence-corrected chi connectivity index (χ4v) is 1.98. The molecular weight excluding hydrogens is 218 g/mol. The first-order valence-electron chi connectivity index (χ1n) is 3.77. The molecule has 0 radical (unpaired) electrons. The van der Waals surface area contributed by atoms with Crippen LogP contribution in [-0.2, 0) is 9.59 Å². The highest BCUT2D eigenvalue weighted by molar-refractivity contribution is 8.04. The van der Waals surface area contributed by atoms with E-state index < -0.39 is 18.4 Å². The SMILES string of the molecule is [C-]#[N+]/C(C#N)=C1\SCC(=O)N1CC(=O)O. The minimum atomic E-state index is -1.18. The predicted molar refractivity (Wildman–Crippen MR) is 51.0 cm³/mol. The predicted octanol–water partition coefficient (Wildman–Crippen LogP) is 0.258. The van der Waals surface area contributed by atoms with E-state index in [0.29, 0.717) is 0 Å². The van der Waals surface area contributed by atoms with Gasteiger partial charge < -0.3 is 10.0 Å². The largest absolute Gasteiger partial charge is 0.480 e. The standard InChI is InChI=1S/C8H5N3O3S/c1-10-5(2-9)8-11(3-7(13)14)6(12)4-15-8/h3-4H2,(H,13,14)/b8-5-. The van der Waals surface area contributed by atoms with Crippen molar-refractivity contribution in [3.05, 3.63) is 22.1 Å². The van der Waals surface area contributed by atoms with E-state index in [1.54, 1.807) is 6.07 Å². The topological polar surface area (TPSA) is 85.8 Å². The van der Waals surface area contributed by atoms with Crippen LogP contribution in [0, 0.1) is 17.9 Å². The molecule has 0 unspecified atom stereocenters. The van der Waals surface area contributed by atoms with Gasteiger partial charge in [-0.2, -0.15) is 0 Å². The highest BCUT2D eigenvalue weighted by Gasteiger charge is 2.30. The lowest BCUT2D eigenvalue weighted by molar-refractivity contribution is -0.141. The molecule has 0 aromatic carbocycles. The Bertz CT molecular complexity index is 413. The van der Waals surface area contributed by atoms with Gasteiger partial charge in [-0.15, -0.1) is 11.8 Å². The number of amides is 1. The maximum absolute atomic E-state index is 11.3. The average Bonchev–Trinajstić information content (AvgIpc) is 2.51. The average molecular weight is 223 g/mol. The van der Waals surface area contributed by atoms with Crippen molar-refractivity contribution in [3.8, 4) is 6.07 Å². The molecule has 1 fully saturated rings. The number of thioether (sulfide) groups is 1. The molecule has 0 atom stereocenters. The second-order valence-electron chi connectivity index (χ2n) is 2.54. The van der Waals surface area contributed by atoms with Crippen molar-refractivity contribution < 1.29 is 14.7 Å². The number of carbonyl (C=O) groups is 2. The second-order valence-corrected chi connectivity index (χ2v) is 3.50. The van der Waals surface area contributed by atoms with Gasteiger partial charge in [-0.3, -0.25) is 9.59 Å². The molecular formula is C8H5N3O3S. The maximum atomic E-state index is 11.3. The molecule has 7 heteroatoms. The zero-order valence-electron chi connectivity index (χ0n) is 7.43. The molecule has 76 valence electrons. The van der Waals surface area contributed by atoms with Gasteiger partial charge in [-0.25, -0.2) is 10.1 Å². The Morgan fingerprint density at radius 3 is 2.93 bits per heavy atom. The lowest BCUT2D eigenvalue weighted by Gasteiger charge is -2.13. The lowest BCUT2D eigenvalue weighted by Crippen LogP contribution is -2.30. The molecule has 0 aromatic rings. The van der Waals surface area contributed by atoms with Gasteiger partial charge in [-0.1, -0.05) is 0 Å². The summed E-state index contributed by atoms with van der Waals surface area (Å²) in [5.74, 6) is -1.50. The van der Waals surface area contributed by atoms with E-state index in [1.807, 2.05) is 0 Å². The van der Waals surface area contributed by atoms with Crippen molar-refractivity contribution in [2.75, 3.05) is 12.3 Å². The Morgan fingerprint density at radius 2 is 2.47 bits per heavy atom. The van der Waals surface area contributed by atoms with Crippen molar-refractivity contribution >= 4 is 23.6 Å². The van der Waals surface area contributed by atoms with Crippen molar-refractivity contribution in [1.82, 2.24) is 4.90 Å². The van der Waals surface area contributed by atoms with E-state index in [9.17, 15) is 9.59 Å². The molecule has 0 saturated carbocycles. The Morgan fingerprint density at radius 1 is 1.80 bits per heavy atom. The fraction of sp³-hybridized carbons (Fsp3) is 0.250. The number of hydrogen-bond donors (Lipinski definition) is 1. The summed E-state index contributed by atoms with van der Waals surface area (Å²) in [6.45, 7) is 6.20. The minimum Gasteiger partial charge on any atom is -0.480 e. The molecule has 0 aliphatic carbocycles. The third-order valence-corrected chi connectivity index (χ3v) is 2.67. The zero-order chi connectivity index (χ0) is 11.4. The molecule has 0 spiro atoms. The van der Waals surface area contributed by atoms with Crippen LogP contribution in [0.5, 0.6) is 0 Å². The number of nitriles is 1. The monoisotopic (exact) mass is 223 g/mol. The quantitative estimate of drug-likeness (QED) is 0.536. The first-order chi connectivity index (χ1) is 7.10. The summed E-state index contributed by atoms with van der Waals surface area (Å²) in [7, 11) is 0. The molecule has 1 aliphatic rings. The summed E-state index contributed by atoms with van der Waals surface area (Å²) in [4.78, 5) is 25.6. The van der Waals surface area contributed by atoms with Crippen LogP contribution in [0.2, 0.25) is 0 Å². The molecule has 1 saturated heterocycles. The molecule has 1 heterocycles. The highest BCUT2D eigenvalue weighted by Crippen LogP contribution is 2.31. The van der Waals surface area contributed by atoms with E-state index in [2.05, 4.69) is 4.85 Å². The third-order valence-electron chi connectivity index (χ3n) is 1.59. The van der Waals surface area contributed by atoms with E-state index in [1.165, 1.54) is 0 Å². The van der Waals surface area contributed by atoms with Gasteiger partial charge in [0.05, 0.1) is 23.4 Å². The van der Waals surface area contributed by atoms with Crippen molar-refractivity contribution in [3.63, 3.8) is 0 Å². The van der Waals surface area contributed by atoms with Crippen molar-refractivity contribution in [2.45, 2.75) is 0 Å². The van der Waals surface area contributed by atoms with Crippen molar-refractivity contribution in [1.29, 1.82) is 5.26 Å². The Hall–Kier alpha value is -1.99. The number of nitrogens with zero attached hydrogens (tertiary/aromatic N) is 3. The first-order valence-corrected chi connectivity index (χ1v) is 4.75. The van der Waals surface area contributed by atoms with Gasteiger partial charge >= 0.3 is 5.97 Å². The fourth-order valence-electron chi connectivity index (χ4n) is 1.01. The highest BCUT2D eigenvalue weighted by atomic mass is 32.2. The maximum Gasteiger partial charge on any atom is 0.323 e. The van der Waals surface area contributed by atoms with Gasteiger partial charge in [0, 0.05) is 0 Å². The summed E-state index contributed by atoms with van der Waals surface area (Å²) in [5.41, 5.74) is -0.243. The van der Waals surface area contributed by atoms with Crippen LogP contribution < -0.4 is 0 Å². The van der Waals surface area contributed by atoms with E-state index >= 15 is 0 Å². The smallest absolute Gasteiger partial charge is 0.323 e. The van der Waals surface area contributed by atoms with Crippen LogP contribution in [0.1, 0.15) is 0 Å². The van der Waals surface area contributed by atoms with E-state index in [-0.39, 0.29) is 16.5 Å². The second kappa shape index (κ2) is 4.49. The lowest BCUT2D eigenvalue weighted by atomic mass is 10.4. The first kappa shape index (κ1) is 11.1. The van der Waals surface area contributed by atoms with Gasteiger partial charge in [-0.05, 0) is 0 Å². The normalized spacial score (nSPS) is 18.3. The van der Waals surface area contributed by atoms with Crippen LogP contribution in [0.15, 0.2) is 10.7 Å². The Kier molecular flexibility index (Phi) is 3.32. The van der Waals surface area contributed by atoms with Crippen LogP contribution >= 0.6 is 11.8 Å². The molecule has 15 heavy (non-hydrogen) atoms. The number of carboxylic acids is 1. The summed E-state index contributed by atoms with van der Waals surface area (Å²) >= 11 is 1.01. The number of carboxylic acid groups (broad SMARTS) is 1. The van der Waals surface area contributed by atoms with Gasteiger partial charge in [0.15, 0.2) is 0 Å². The summed E-state index contributed by atoms with van der Waals surface area (Å²) < 4.78 is 0. The van der Waals surface area contributed by atoms with Gasteiger partial charge in [0.25, 0.3) is 5.70 Å². The number of carbonyl (C=O) groups excluding carboxylic acids is 1. The third kappa shape index (κ3) is 2.27. The zero-order valence-corrected chi connectivity index (χ0v) is 8.24. The molecule has 0 aromatic heterocycles. The Labute approximate surface area is 89.6 Å². The van der Waals surface area contributed by atoms with Crippen LogP contribution in [0.25, 0.3) is 4.85 Å². The van der Waals surface area contributed by atoms with Gasteiger partial charge in [0.2, 0.25) is 5.91 Å². The number of hydrogen-bond acceptors (Lipinski definition) is 4. The number of allylic oxidation sites excluding steroid dienone is 1. The van der Waals surface area contributed by atoms with Crippen LogP contribution in [-0.4, -0.2) is 34.2 Å². The molecule has 1 rings (SSSR count). The minimum absolute atomic E-state index is 0.0727. The van der Waals surface area contributed by atoms with E-state index in [4.69, 9.17) is 16.9 Å². The Balaban J connectivity index is 3.06. The molecule has 1 amide bonds. The number of aliphatic carboxylic acids is 1. The van der Waals surface area contributed by atoms with Crippen LogP contribution in [0.4, 0.5) is 0 Å². The van der Waals surface area contributed by atoms with Crippen LogP contribution in [0.3, 0.4) is 0 Å². The molecule has 6 nitrogen and oxygen atoms in total. The summed E-state index contributed by atoms with van der Waals surface area (Å²) in [5, 5.41) is 17.3.